The van der Waals surface area contributed by atoms with Crippen LogP contribution in [0.2, 0.25) is 0 Å². The van der Waals surface area contributed by atoms with Crippen molar-refractivity contribution < 1.29 is 9.53 Å². The number of aromatic amines is 1. The molecule has 3 aromatic heterocycles. The van der Waals surface area contributed by atoms with E-state index in [0.29, 0.717) is 22.8 Å². The van der Waals surface area contributed by atoms with Gasteiger partial charge in [-0.1, -0.05) is 12.1 Å². The fourth-order valence-corrected chi connectivity index (χ4v) is 4.34. The second-order valence-corrected chi connectivity index (χ2v) is 8.11. The Kier molecular flexibility index (Phi) is 4.87. The van der Waals surface area contributed by atoms with Crippen molar-refractivity contribution >= 4 is 23.1 Å². The Balaban J connectivity index is 1.57. The van der Waals surface area contributed by atoms with E-state index in [0.717, 1.165) is 35.4 Å². The highest BCUT2D eigenvalue weighted by atomic mass is 32.1. The lowest BCUT2D eigenvalue weighted by Crippen LogP contribution is -2.21. The van der Waals surface area contributed by atoms with Gasteiger partial charge in [0.2, 0.25) is 5.95 Å². The molecule has 9 heteroatoms. The number of H-pyrrole nitrogens is 1. The van der Waals surface area contributed by atoms with Gasteiger partial charge < -0.3 is 10.1 Å². The Morgan fingerprint density at radius 1 is 1.23 bits per heavy atom. The molecular weight excluding hydrogens is 414 g/mol. The Morgan fingerprint density at radius 2 is 2.13 bits per heavy atom. The highest BCUT2D eigenvalue weighted by Crippen LogP contribution is 2.28. The highest BCUT2D eigenvalue weighted by molar-refractivity contribution is 7.13. The number of carbonyl (C=O) groups excluding carboxylic acids is 1. The number of ether oxygens (including phenoxy) is 1. The SMILES string of the molecule is COc1cccc(C(=O)Nc2cc(-c3cccs3)nn2-c2nc3c(c(=O)[nH]2)CCC3)c1. The van der Waals surface area contributed by atoms with Gasteiger partial charge in [0.1, 0.15) is 17.3 Å². The Labute approximate surface area is 181 Å². The van der Waals surface area contributed by atoms with Crippen LogP contribution in [0.4, 0.5) is 5.82 Å². The third-order valence-electron chi connectivity index (χ3n) is 5.19. The Bertz CT molecular complexity index is 1320. The van der Waals surface area contributed by atoms with E-state index in [9.17, 15) is 9.59 Å². The molecule has 8 nitrogen and oxygen atoms in total. The number of benzene rings is 1. The van der Waals surface area contributed by atoms with Crippen LogP contribution in [0, 0.1) is 0 Å². The average Bonchev–Trinajstić information content (AvgIpc) is 3.54. The largest absolute Gasteiger partial charge is 0.497 e. The van der Waals surface area contributed by atoms with E-state index < -0.39 is 0 Å². The number of rotatable bonds is 5. The van der Waals surface area contributed by atoms with Crippen molar-refractivity contribution in [2.75, 3.05) is 12.4 Å². The molecule has 0 fully saturated rings. The minimum absolute atomic E-state index is 0.157. The molecule has 0 radical (unpaired) electrons. The molecular formula is C22H19N5O3S. The Morgan fingerprint density at radius 3 is 2.94 bits per heavy atom. The van der Waals surface area contributed by atoms with Crippen LogP contribution in [-0.2, 0) is 12.8 Å². The molecule has 4 aromatic rings. The van der Waals surface area contributed by atoms with Crippen LogP contribution >= 0.6 is 11.3 Å². The molecule has 31 heavy (non-hydrogen) atoms. The molecule has 0 spiro atoms. The molecule has 0 unspecified atom stereocenters. The van der Waals surface area contributed by atoms with E-state index in [2.05, 4.69) is 20.4 Å². The number of hydrogen-bond acceptors (Lipinski definition) is 6. The normalized spacial score (nSPS) is 12.5. The third kappa shape index (κ3) is 3.64. The second kappa shape index (κ2) is 7.84. The van der Waals surface area contributed by atoms with Crippen LogP contribution < -0.4 is 15.6 Å². The maximum Gasteiger partial charge on any atom is 0.256 e. The summed E-state index contributed by atoms with van der Waals surface area (Å²) >= 11 is 1.54. The van der Waals surface area contributed by atoms with Crippen molar-refractivity contribution in [1.82, 2.24) is 19.7 Å². The topological polar surface area (TPSA) is 102 Å². The fourth-order valence-electron chi connectivity index (χ4n) is 3.66. The summed E-state index contributed by atoms with van der Waals surface area (Å²) in [5, 5.41) is 9.48. The number of aromatic nitrogens is 4. The van der Waals surface area contributed by atoms with Crippen molar-refractivity contribution in [3.8, 4) is 22.3 Å². The number of aryl methyl sites for hydroxylation is 1. The van der Waals surface area contributed by atoms with Gasteiger partial charge in [-0.3, -0.25) is 14.6 Å². The number of methoxy groups -OCH3 is 1. The van der Waals surface area contributed by atoms with Crippen molar-refractivity contribution in [2.24, 2.45) is 0 Å². The van der Waals surface area contributed by atoms with Crippen molar-refractivity contribution in [3.63, 3.8) is 0 Å². The van der Waals surface area contributed by atoms with E-state index in [1.807, 2.05) is 17.5 Å². The predicted molar refractivity (Wildman–Crippen MR) is 118 cm³/mol. The fraction of sp³-hybridized carbons (Fsp3) is 0.182. The number of amides is 1. The minimum atomic E-state index is -0.318. The lowest BCUT2D eigenvalue weighted by atomic mass is 10.2. The minimum Gasteiger partial charge on any atom is -0.497 e. The van der Waals surface area contributed by atoms with Gasteiger partial charge in [0.25, 0.3) is 11.5 Å². The summed E-state index contributed by atoms with van der Waals surface area (Å²) in [6.45, 7) is 0. The first-order valence-corrected chi connectivity index (χ1v) is 10.7. The first-order valence-electron chi connectivity index (χ1n) is 9.84. The molecule has 0 atom stereocenters. The summed E-state index contributed by atoms with van der Waals surface area (Å²) in [5.74, 6) is 0.970. The third-order valence-corrected chi connectivity index (χ3v) is 6.08. The van der Waals surface area contributed by atoms with Gasteiger partial charge >= 0.3 is 0 Å². The van der Waals surface area contributed by atoms with Crippen LogP contribution in [0.25, 0.3) is 16.5 Å². The van der Waals surface area contributed by atoms with Gasteiger partial charge in [0, 0.05) is 17.2 Å². The number of nitrogens with zero attached hydrogens (tertiary/aromatic N) is 3. The number of thiophene rings is 1. The van der Waals surface area contributed by atoms with E-state index in [1.54, 1.807) is 37.4 Å². The summed E-state index contributed by atoms with van der Waals surface area (Å²) in [6, 6.07) is 12.5. The number of fused-ring (bicyclic) bond motifs is 1. The number of nitrogens with one attached hydrogen (secondary N) is 2. The number of anilines is 1. The van der Waals surface area contributed by atoms with Crippen LogP contribution in [-0.4, -0.2) is 32.8 Å². The molecule has 5 rings (SSSR count). The molecule has 1 amide bonds. The summed E-state index contributed by atoms with van der Waals surface area (Å²) < 4.78 is 6.69. The van der Waals surface area contributed by atoms with Gasteiger partial charge in [-0.2, -0.15) is 9.78 Å². The molecule has 3 heterocycles. The van der Waals surface area contributed by atoms with E-state index in [4.69, 9.17) is 4.74 Å². The molecule has 1 aromatic carbocycles. The van der Waals surface area contributed by atoms with Gasteiger partial charge in [-0.15, -0.1) is 11.3 Å². The molecule has 1 aliphatic carbocycles. The summed E-state index contributed by atoms with van der Waals surface area (Å²) in [6.07, 6.45) is 2.40. The maximum atomic E-state index is 12.9. The molecule has 1 aliphatic rings. The maximum absolute atomic E-state index is 12.9. The second-order valence-electron chi connectivity index (χ2n) is 7.16. The first kappa shape index (κ1) is 19.3. The standard InChI is InChI=1S/C22H19N5O3S/c1-30-14-6-2-5-13(11-14)20(28)24-19-12-17(18-9-4-10-31-18)26-27(19)22-23-16-8-3-7-15(16)21(29)25-22/h2,4-6,9-12H,3,7-8H2,1H3,(H,24,28)(H,23,25,29). The van der Waals surface area contributed by atoms with E-state index >= 15 is 0 Å². The first-order chi connectivity index (χ1) is 15.1. The van der Waals surface area contributed by atoms with Crippen LogP contribution in [0.5, 0.6) is 5.75 Å². The smallest absolute Gasteiger partial charge is 0.256 e. The number of hydrogen-bond donors (Lipinski definition) is 2. The molecule has 0 bridgehead atoms. The van der Waals surface area contributed by atoms with Gasteiger partial charge in [-0.05, 0) is 48.9 Å². The molecule has 2 N–H and O–H groups in total. The van der Waals surface area contributed by atoms with Crippen LogP contribution in [0.15, 0.2) is 52.6 Å². The van der Waals surface area contributed by atoms with E-state index in [-0.39, 0.29) is 17.4 Å². The molecule has 0 saturated carbocycles. The summed E-state index contributed by atoms with van der Waals surface area (Å²) in [4.78, 5) is 33.8. The van der Waals surface area contributed by atoms with Crippen molar-refractivity contribution in [1.29, 1.82) is 0 Å². The van der Waals surface area contributed by atoms with Gasteiger partial charge in [0.05, 0.1) is 17.7 Å². The summed E-state index contributed by atoms with van der Waals surface area (Å²) in [5.41, 5.74) is 2.49. The van der Waals surface area contributed by atoms with Crippen molar-refractivity contribution in [2.45, 2.75) is 19.3 Å². The average molecular weight is 433 g/mol. The Hall–Kier alpha value is -3.72. The molecule has 0 saturated heterocycles. The molecule has 156 valence electrons. The zero-order valence-electron chi connectivity index (χ0n) is 16.7. The van der Waals surface area contributed by atoms with Crippen LogP contribution in [0.1, 0.15) is 28.0 Å². The lowest BCUT2D eigenvalue weighted by Gasteiger charge is -2.10. The van der Waals surface area contributed by atoms with Gasteiger partial charge in [0.15, 0.2) is 0 Å². The quantitative estimate of drug-likeness (QED) is 0.502. The predicted octanol–water partition coefficient (Wildman–Crippen LogP) is 3.43. The number of carbonyl (C=O) groups is 1. The summed E-state index contributed by atoms with van der Waals surface area (Å²) in [7, 11) is 1.55. The zero-order chi connectivity index (χ0) is 21.4. The van der Waals surface area contributed by atoms with E-state index in [1.165, 1.54) is 16.0 Å². The van der Waals surface area contributed by atoms with Gasteiger partial charge in [-0.25, -0.2) is 4.98 Å². The highest BCUT2D eigenvalue weighted by Gasteiger charge is 2.21. The van der Waals surface area contributed by atoms with Crippen LogP contribution in [0.3, 0.4) is 0 Å². The van der Waals surface area contributed by atoms with Crippen molar-refractivity contribution in [3.05, 3.63) is 75.0 Å². The molecule has 0 aliphatic heterocycles. The monoisotopic (exact) mass is 433 g/mol. The lowest BCUT2D eigenvalue weighted by molar-refractivity contribution is 0.102. The zero-order valence-corrected chi connectivity index (χ0v) is 17.5.